The van der Waals surface area contributed by atoms with Gasteiger partial charge in [0.15, 0.2) is 0 Å². The van der Waals surface area contributed by atoms with E-state index in [1.807, 2.05) is 37.3 Å². The van der Waals surface area contributed by atoms with E-state index in [4.69, 9.17) is 11.6 Å². The molecule has 1 atom stereocenters. The third-order valence-corrected chi connectivity index (χ3v) is 7.32. The van der Waals surface area contributed by atoms with Gasteiger partial charge in [-0.25, -0.2) is 12.7 Å². The summed E-state index contributed by atoms with van der Waals surface area (Å²) >= 11 is 6.06. The monoisotopic (exact) mass is 485 g/mol. The standard InChI is InChI=1S/C24H24ClN3O4S/c1-16(17-9-5-4-6-10-17)26-24(30)19-11-7-8-12-21(19)27-23(29)18-13-14-20(25)22(15-18)33(31,32)28(2)3/h4-16H,1-3H3,(H,26,30)(H,27,29)/t16-/m0/s1. The van der Waals surface area contributed by atoms with Crippen molar-refractivity contribution in [2.45, 2.75) is 17.9 Å². The molecule has 0 unspecified atom stereocenters. The summed E-state index contributed by atoms with van der Waals surface area (Å²) in [6.45, 7) is 1.87. The van der Waals surface area contributed by atoms with Gasteiger partial charge in [-0.05, 0) is 42.8 Å². The summed E-state index contributed by atoms with van der Waals surface area (Å²) in [7, 11) is -1.08. The number of sulfonamides is 1. The third-order valence-electron chi connectivity index (χ3n) is 5.02. The van der Waals surface area contributed by atoms with Crippen molar-refractivity contribution in [1.29, 1.82) is 0 Å². The number of nitrogens with zero attached hydrogens (tertiary/aromatic N) is 1. The van der Waals surface area contributed by atoms with E-state index >= 15 is 0 Å². The Morgan fingerprint density at radius 3 is 2.21 bits per heavy atom. The first kappa shape index (κ1) is 24.4. The summed E-state index contributed by atoms with van der Waals surface area (Å²) in [5.41, 5.74) is 1.62. The van der Waals surface area contributed by atoms with Crippen molar-refractivity contribution in [1.82, 2.24) is 9.62 Å². The lowest BCUT2D eigenvalue weighted by Crippen LogP contribution is -2.28. The Morgan fingerprint density at radius 1 is 0.909 bits per heavy atom. The van der Waals surface area contributed by atoms with Crippen LogP contribution in [-0.4, -0.2) is 38.6 Å². The highest BCUT2D eigenvalue weighted by Gasteiger charge is 2.23. The number of amides is 2. The molecule has 0 saturated carbocycles. The van der Waals surface area contributed by atoms with Gasteiger partial charge in [-0.15, -0.1) is 0 Å². The van der Waals surface area contributed by atoms with E-state index in [-0.39, 0.29) is 33.0 Å². The highest BCUT2D eigenvalue weighted by atomic mass is 35.5. The highest BCUT2D eigenvalue weighted by Crippen LogP contribution is 2.26. The molecule has 0 aliphatic rings. The maximum Gasteiger partial charge on any atom is 0.255 e. The van der Waals surface area contributed by atoms with E-state index in [1.54, 1.807) is 24.3 Å². The van der Waals surface area contributed by atoms with Crippen LogP contribution in [0.1, 0.15) is 39.2 Å². The summed E-state index contributed by atoms with van der Waals surface area (Å²) in [5.74, 6) is -0.924. The van der Waals surface area contributed by atoms with Gasteiger partial charge in [0.1, 0.15) is 4.90 Å². The van der Waals surface area contributed by atoms with Crippen molar-refractivity contribution in [3.63, 3.8) is 0 Å². The molecule has 0 aliphatic carbocycles. The van der Waals surface area contributed by atoms with Crippen LogP contribution < -0.4 is 10.6 Å². The van der Waals surface area contributed by atoms with Gasteiger partial charge in [0.25, 0.3) is 11.8 Å². The SMILES string of the molecule is C[C@H](NC(=O)c1ccccc1NC(=O)c1ccc(Cl)c(S(=O)(=O)N(C)C)c1)c1ccccc1. The first-order valence-corrected chi connectivity index (χ1v) is 11.9. The summed E-state index contributed by atoms with van der Waals surface area (Å²) in [6.07, 6.45) is 0. The number of hydrogen-bond donors (Lipinski definition) is 2. The zero-order chi connectivity index (χ0) is 24.2. The van der Waals surface area contributed by atoms with E-state index in [0.29, 0.717) is 5.69 Å². The van der Waals surface area contributed by atoms with Crippen LogP contribution in [0.15, 0.2) is 77.7 Å². The number of nitrogens with one attached hydrogen (secondary N) is 2. The Bertz CT molecular complexity index is 1280. The van der Waals surface area contributed by atoms with Crippen molar-refractivity contribution in [2.24, 2.45) is 0 Å². The topological polar surface area (TPSA) is 95.6 Å². The van der Waals surface area contributed by atoms with Gasteiger partial charge in [0.05, 0.1) is 22.3 Å². The van der Waals surface area contributed by atoms with E-state index in [0.717, 1.165) is 9.87 Å². The zero-order valence-electron chi connectivity index (χ0n) is 18.4. The molecular weight excluding hydrogens is 462 g/mol. The highest BCUT2D eigenvalue weighted by molar-refractivity contribution is 7.89. The molecule has 3 aromatic rings. The molecular formula is C24H24ClN3O4S. The quantitative estimate of drug-likeness (QED) is 0.520. The van der Waals surface area contributed by atoms with Crippen molar-refractivity contribution in [3.8, 4) is 0 Å². The number of para-hydroxylation sites is 1. The number of rotatable bonds is 7. The molecule has 0 fully saturated rings. The van der Waals surface area contributed by atoms with Crippen LogP contribution in [0, 0.1) is 0 Å². The van der Waals surface area contributed by atoms with Crippen LogP contribution in [-0.2, 0) is 10.0 Å². The minimum absolute atomic E-state index is 0.00919. The van der Waals surface area contributed by atoms with Gasteiger partial charge >= 0.3 is 0 Å². The van der Waals surface area contributed by atoms with Gasteiger partial charge in [-0.1, -0.05) is 54.1 Å². The summed E-state index contributed by atoms with van der Waals surface area (Å²) in [4.78, 5) is 25.6. The van der Waals surface area contributed by atoms with Crippen LogP contribution in [0.3, 0.4) is 0 Å². The smallest absolute Gasteiger partial charge is 0.255 e. The molecule has 0 aromatic heterocycles. The van der Waals surface area contributed by atoms with Crippen molar-refractivity contribution in [2.75, 3.05) is 19.4 Å². The Labute approximate surface area is 198 Å². The van der Waals surface area contributed by atoms with Crippen LogP contribution in [0.2, 0.25) is 5.02 Å². The number of benzene rings is 3. The molecule has 33 heavy (non-hydrogen) atoms. The van der Waals surface area contributed by atoms with Gasteiger partial charge in [-0.3, -0.25) is 9.59 Å². The summed E-state index contributed by atoms with van der Waals surface area (Å²) in [5, 5.41) is 5.63. The fourth-order valence-corrected chi connectivity index (χ4v) is 4.52. The van der Waals surface area contributed by atoms with Gasteiger partial charge in [0, 0.05) is 19.7 Å². The second-order valence-electron chi connectivity index (χ2n) is 7.54. The van der Waals surface area contributed by atoms with E-state index in [1.165, 1.54) is 32.3 Å². The van der Waals surface area contributed by atoms with E-state index in [2.05, 4.69) is 10.6 Å². The molecule has 0 saturated heterocycles. The molecule has 172 valence electrons. The molecule has 7 nitrogen and oxygen atoms in total. The van der Waals surface area contributed by atoms with Crippen LogP contribution >= 0.6 is 11.6 Å². The van der Waals surface area contributed by atoms with Crippen molar-refractivity contribution >= 4 is 39.1 Å². The number of carbonyl (C=O) groups excluding carboxylic acids is 2. The van der Waals surface area contributed by atoms with Crippen molar-refractivity contribution in [3.05, 3.63) is 94.5 Å². The fraction of sp³-hybridized carbons (Fsp3) is 0.167. The van der Waals surface area contributed by atoms with Gasteiger partial charge < -0.3 is 10.6 Å². The molecule has 0 radical (unpaired) electrons. The fourth-order valence-electron chi connectivity index (χ4n) is 3.12. The van der Waals surface area contributed by atoms with Gasteiger partial charge in [0.2, 0.25) is 10.0 Å². The Hall–Kier alpha value is -3.20. The average molecular weight is 486 g/mol. The predicted octanol–water partition coefficient (Wildman–Crippen LogP) is 4.33. The zero-order valence-corrected chi connectivity index (χ0v) is 19.9. The maximum absolute atomic E-state index is 12.9. The van der Waals surface area contributed by atoms with E-state index < -0.39 is 15.9 Å². The molecule has 2 N–H and O–H groups in total. The number of carbonyl (C=O) groups is 2. The lowest BCUT2D eigenvalue weighted by Gasteiger charge is -2.17. The normalized spacial score (nSPS) is 12.3. The summed E-state index contributed by atoms with van der Waals surface area (Å²) in [6, 6.07) is 19.9. The Balaban J connectivity index is 1.84. The van der Waals surface area contributed by atoms with Crippen LogP contribution in [0.25, 0.3) is 0 Å². The molecule has 0 aliphatic heterocycles. The molecule has 3 aromatic carbocycles. The van der Waals surface area contributed by atoms with E-state index in [9.17, 15) is 18.0 Å². The first-order chi connectivity index (χ1) is 15.6. The van der Waals surface area contributed by atoms with Gasteiger partial charge in [-0.2, -0.15) is 0 Å². The average Bonchev–Trinajstić information content (AvgIpc) is 2.79. The lowest BCUT2D eigenvalue weighted by molar-refractivity contribution is 0.0940. The molecule has 2 amide bonds. The molecule has 0 bridgehead atoms. The van der Waals surface area contributed by atoms with Crippen molar-refractivity contribution < 1.29 is 18.0 Å². The second kappa shape index (κ2) is 10.2. The van der Waals surface area contributed by atoms with Crippen LogP contribution in [0.4, 0.5) is 5.69 Å². The number of halogens is 1. The summed E-state index contributed by atoms with van der Waals surface area (Å²) < 4.78 is 26.0. The lowest BCUT2D eigenvalue weighted by atomic mass is 10.1. The predicted molar refractivity (Wildman–Crippen MR) is 129 cm³/mol. The largest absolute Gasteiger partial charge is 0.345 e. The minimum Gasteiger partial charge on any atom is -0.345 e. The molecule has 3 rings (SSSR count). The Kier molecular flexibility index (Phi) is 7.53. The first-order valence-electron chi connectivity index (χ1n) is 10.1. The molecule has 0 spiro atoms. The third kappa shape index (κ3) is 5.60. The second-order valence-corrected chi connectivity index (χ2v) is 10.1. The van der Waals surface area contributed by atoms with Crippen LogP contribution in [0.5, 0.6) is 0 Å². The number of hydrogen-bond acceptors (Lipinski definition) is 4. The molecule has 0 heterocycles. The minimum atomic E-state index is -3.84. The molecule has 9 heteroatoms. The maximum atomic E-state index is 12.9. The Morgan fingerprint density at radius 2 is 1.55 bits per heavy atom. The number of anilines is 1.